The fourth-order valence-electron chi connectivity index (χ4n) is 0.0236. The molecule has 0 amide bonds. The van der Waals surface area contributed by atoms with E-state index in [1.54, 1.807) is 0 Å². The maximum Gasteiger partial charge on any atom is 0.207 e. The zero-order chi connectivity index (χ0) is 4.99. The largest absolute Gasteiger partial charge is 0.410 e. The second-order valence-corrected chi connectivity index (χ2v) is 0.928. The highest BCUT2D eigenvalue weighted by Crippen LogP contribution is 1.73. The van der Waals surface area contributed by atoms with Crippen LogP contribution in [-0.2, 0) is 4.79 Å². The van der Waals surface area contributed by atoms with E-state index in [4.69, 9.17) is 16.8 Å². The first kappa shape index (κ1) is 5.43. The van der Waals surface area contributed by atoms with Crippen molar-refractivity contribution < 1.29 is 10.0 Å². The van der Waals surface area contributed by atoms with Crippen LogP contribution in [0.1, 0.15) is 0 Å². The maximum absolute atomic E-state index is 9.31. The van der Waals surface area contributed by atoms with Gasteiger partial charge < -0.3 is 5.21 Å². The summed E-state index contributed by atoms with van der Waals surface area (Å²) in [6.07, 6.45) is 0.238. The summed E-state index contributed by atoms with van der Waals surface area (Å²) in [7, 11) is 0. The molecule has 1 N–H and O–H groups in total. The van der Waals surface area contributed by atoms with Crippen molar-refractivity contribution in [3.05, 3.63) is 0 Å². The van der Waals surface area contributed by atoms with E-state index in [2.05, 4.69) is 5.16 Å². The molecule has 0 rings (SSSR count). The van der Waals surface area contributed by atoms with Crippen molar-refractivity contribution in [2.75, 3.05) is 0 Å². The van der Waals surface area contributed by atoms with Crippen molar-refractivity contribution in [2.24, 2.45) is 5.16 Å². The standard InChI is InChI=1S/C2H2ClNO2/c3-2(1-5)4-6/h1,6H. The van der Waals surface area contributed by atoms with Crippen LogP contribution in [0, 0.1) is 0 Å². The summed E-state index contributed by atoms with van der Waals surface area (Å²) in [6.45, 7) is 0. The van der Waals surface area contributed by atoms with Crippen LogP contribution in [0.25, 0.3) is 0 Å². The predicted octanol–water partition coefficient (Wildman–Crippen LogP) is 0.212. The normalized spacial score (nSPS) is 11.2. The Labute approximate surface area is 39.2 Å². The van der Waals surface area contributed by atoms with Gasteiger partial charge in [0.05, 0.1) is 0 Å². The minimum Gasteiger partial charge on any atom is -0.410 e. The van der Waals surface area contributed by atoms with Crippen LogP contribution in [-0.4, -0.2) is 16.7 Å². The van der Waals surface area contributed by atoms with Crippen LogP contribution in [0.3, 0.4) is 0 Å². The summed E-state index contributed by atoms with van der Waals surface area (Å²) in [5.74, 6) is 0. The van der Waals surface area contributed by atoms with E-state index in [0.717, 1.165) is 0 Å². The van der Waals surface area contributed by atoms with Gasteiger partial charge in [0.15, 0.2) is 6.29 Å². The maximum atomic E-state index is 9.31. The molecule has 0 saturated carbocycles. The van der Waals surface area contributed by atoms with E-state index in [-0.39, 0.29) is 6.29 Å². The van der Waals surface area contributed by atoms with Gasteiger partial charge in [-0.25, -0.2) is 0 Å². The lowest BCUT2D eigenvalue weighted by molar-refractivity contribution is -0.102. The van der Waals surface area contributed by atoms with E-state index in [1.165, 1.54) is 0 Å². The summed E-state index contributed by atoms with van der Waals surface area (Å²) in [6, 6.07) is 0. The minimum atomic E-state index is -0.435. The van der Waals surface area contributed by atoms with E-state index < -0.39 is 5.17 Å². The molecule has 0 radical (unpaired) electrons. The van der Waals surface area contributed by atoms with Gasteiger partial charge in [0, 0.05) is 0 Å². The molecule has 0 aliphatic rings. The lowest BCUT2D eigenvalue weighted by Gasteiger charge is -1.68. The Morgan fingerprint density at radius 3 is 2.50 bits per heavy atom. The van der Waals surface area contributed by atoms with Gasteiger partial charge >= 0.3 is 0 Å². The quantitative estimate of drug-likeness (QED) is 0.225. The Kier molecular flexibility index (Phi) is 2.40. The van der Waals surface area contributed by atoms with Crippen molar-refractivity contribution in [1.82, 2.24) is 0 Å². The van der Waals surface area contributed by atoms with E-state index in [1.807, 2.05) is 0 Å². The number of carbonyl (C=O) groups excluding carboxylic acids is 1. The highest BCUT2D eigenvalue weighted by molar-refractivity contribution is 6.79. The summed E-state index contributed by atoms with van der Waals surface area (Å²) in [5, 5.41) is 9.45. The molecule has 4 heteroatoms. The Bertz CT molecular complexity index is 79.6. The SMILES string of the molecule is O=CC(Cl)=NO. The van der Waals surface area contributed by atoms with Crippen molar-refractivity contribution in [3.8, 4) is 0 Å². The second kappa shape index (κ2) is 2.66. The topological polar surface area (TPSA) is 49.7 Å². The average molecular weight is 107 g/mol. The minimum absolute atomic E-state index is 0.238. The van der Waals surface area contributed by atoms with E-state index in [9.17, 15) is 4.79 Å². The number of oxime groups is 1. The number of rotatable bonds is 1. The van der Waals surface area contributed by atoms with Crippen LogP contribution < -0.4 is 0 Å². The molecule has 6 heavy (non-hydrogen) atoms. The first-order valence-electron chi connectivity index (χ1n) is 1.14. The molecular formula is C2H2ClNO2. The van der Waals surface area contributed by atoms with Gasteiger partial charge in [-0.3, -0.25) is 4.79 Å². The lowest BCUT2D eigenvalue weighted by Crippen LogP contribution is -1.83. The summed E-state index contributed by atoms with van der Waals surface area (Å²) in [4.78, 5) is 9.31. The first-order valence-corrected chi connectivity index (χ1v) is 1.51. The number of hydrogen-bond acceptors (Lipinski definition) is 3. The zero-order valence-corrected chi connectivity index (χ0v) is 3.51. The fraction of sp³-hybridized carbons (Fsp3) is 0. The van der Waals surface area contributed by atoms with Gasteiger partial charge in [-0.05, 0) is 0 Å². The van der Waals surface area contributed by atoms with Gasteiger partial charge in [0.25, 0.3) is 0 Å². The van der Waals surface area contributed by atoms with Crippen LogP contribution in [0.15, 0.2) is 5.16 Å². The Balaban J connectivity index is 3.50. The Morgan fingerprint density at radius 1 is 2.00 bits per heavy atom. The number of hydrogen-bond donors (Lipinski definition) is 1. The third-order valence-corrected chi connectivity index (χ3v) is 0.357. The summed E-state index contributed by atoms with van der Waals surface area (Å²) < 4.78 is 0. The summed E-state index contributed by atoms with van der Waals surface area (Å²) in [5.41, 5.74) is 0. The number of carbonyl (C=O) groups is 1. The predicted molar refractivity (Wildman–Crippen MR) is 21.1 cm³/mol. The molecule has 0 saturated heterocycles. The molecule has 0 spiro atoms. The van der Waals surface area contributed by atoms with Gasteiger partial charge in [0.2, 0.25) is 5.17 Å². The smallest absolute Gasteiger partial charge is 0.207 e. The molecule has 0 heterocycles. The number of halogens is 1. The fourth-order valence-corrected chi connectivity index (χ4v) is 0.0236. The highest BCUT2D eigenvalue weighted by Gasteiger charge is 1.81. The second-order valence-electron chi connectivity index (χ2n) is 0.541. The van der Waals surface area contributed by atoms with Gasteiger partial charge in [-0.2, -0.15) is 0 Å². The third-order valence-electron chi connectivity index (χ3n) is 0.193. The summed E-state index contributed by atoms with van der Waals surface area (Å²) >= 11 is 4.78. The lowest BCUT2D eigenvalue weighted by atomic mass is 10.9. The molecule has 0 aromatic rings. The van der Waals surface area contributed by atoms with E-state index in [0.29, 0.717) is 0 Å². The van der Waals surface area contributed by atoms with Crippen molar-refractivity contribution in [2.45, 2.75) is 0 Å². The molecule has 0 aliphatic carbocycles. The number of aldehydes is 1. The molecular weight excluding hydrogens is 105 g/mol. The average Bonchev–Trinajstić information content (AvgIpc) is 1.65. The molecule has 0 unspecified atom stereocenters. The van der Waals surface area contributed by atoms with Gasteiger partial charge in [0.1, 0.15) is 0 Å². The van der Waals surface area contributed by atoms with Crippen LogP contribution >= 0.6 is 11.6 Å². The van der Waals surface area contributed by atoms with Crippen molar-refractivity contribution >= 4 is 23.1 Å². The van der Waals surface area contributed by atoms with Crippen LogP contribution in [0.4, 0.5) is 0 Å². The highest BCUT2D eigenvalue weighted by atomic mass is 35.5. The monoisotopic (exact) mass is 107 g/mol. The molecule has 0 aromatic carbocycles. The third kappa shape index (κ3) is 1.72. The Hall–Kier alpha value is -0.570. The molecule has 3 nitrogen and oxygen atoms in total. The molecule has 0 aromatic heterocycles. The molecule has 0 atom stereocenters. The van der Waals surface area contributed by atoms with Crippen molar-refractivity contribution in [3.63, 3.8) is 0 Å². The molecule has 34 valence electrons. The van der Waals surface area contributed by atoms with E-state index >= 15 is 0 Å². The first-order chi connectivity index (χ1) is 2.81. The molecule has 0 aliphatic heterocycles. The zero-order valence-electron chi connectivity index (χ0n) is 2.76. The number of nitrogens with zero attached hydrogens (tertiary/aromatic N) is 1. The molecule has 0 bridgehead atoms. The Morgan fingerprint density at radius 2 is 2.50 bits per heavy atom. The van der Waals surface area contributed by atoms with Gasteiger partial charge in [-0.15, -0.1) is 0 Å². The molecule has 0 fully saturated rings. The van der Waals surface area contributed by atoms with Crippen LogP contribution in [0.5, 0.6) is 0 Å². The van der Waals surface area contributed by atoms with Crippen molar-refractivity contribution in [1.29, 1.82) is 0 Å². The van der Waals surface area contributed by atoms with Crippen LogP contribution in [0.2, 0.25) is 0 Å². The van der Waals surface area contributed by atoms with Gasteiger partial charge in [-0.1, -0.05) is 16.8 Å².